The fourth-order valence-corrected chi connectivity index (χ4v) is 4.28. The number of ether oxygens (including phenoxy) is 2. The number of carbonyl (C=O) groups is 4. The molecular formula is C29H47N3O7. The summed E-state index contributed by atoms with van der Waals surface area (Å²) in [7, 11) is 1.22. The van der Waals surface area contributed by atoms with Gasteiger partial charge in [-0.15, -0.1) is 0 Å². The second kappa shape index (κ2) is 16.7. The number of esters is 1. The molecule has 3 amide bonds. The third kappa shape index (κ3) is 11.6. The van der Waals surface area contributed by atoms with Gasteiger partial charge in [0.1, 0.15) is 24.2 Å². The Balaban J connectivity index is 3.44. The van der Waals surface area contributed by atoms with E-state index in [2.05, 4.69) is 22.3 Å². The Hall–Kier alpha value is -3.14. The minimum absolute atomic E-state index is 0.210. The van der Waals surface area contributed by atoms with E-state index in [0.29, 0.717) is 12.0 Å². The van der Waals surface area contributed by atoms with Crippen LogP contribution in [0.15, 0.2) is 18.2 Å². The van der Waals surface area contributed by atoms with Crippen LogP contribution in [-0.4, -0.2) is 72.3 Å². The maximum atomic E-state index is 13.9. The quantitative estimate of drug-likeness (QED) is 0.224. The van der Waals surface area contributed by atoms with Crippen molar-refractivity contribution in [3.05, 3.63) is 34.9 Å². The molecule has 0 aromatic heterocycles. The molecule has 1 aromatic rings. The highest BCUT2D eigenvalue weighted by Crippen LogP contribution is 2.29. The van der Waals surface area contributed by atoms with Crippen LogP contribution in [0.25, 0.3) is 0 Å². The van der Waals surface area contributed by atoms with Crippen LogP contribution in [-0.2, 0) is 23.9 Å². The molecule has 1 aromatic carbocycles. The summed E-state index contributed by atoms with van der Waals surface area (Å²) in [4.78, 5) is 53.2. The maximum Gasteiger partial charge on any atom is 0.408 e. The Morgan fingerprint density at radius 2 is 1.59 bits per heavy atom. The van der Waals surface area contributed by atoms with Gasteiger partial charge in [0.15, 0.2) is 0 Å². The minimum Gasteiger partial charge on any atom is -0.468 e. The Morgan fingerprint density at radius 1 is 1.00 bits per heavy atom. The number of benzene rings is 1. The van der Waals surface area contributed by atoms with Crippen molar-refractivity contribution in [3.8, 4) is 0 Å². The summed E-state index contributed by atoms with van der Waals surface area (Å²) >= 11 is 0. The van der Waals surface area contributed by atoms with E-state index in [-0.39, 0.29) is 13.1 Å². The normalized spacial score (nSPS) is 12.7. The molecule has 2 unspecified atom stereocenters. The zero-order valence-electron chi connectivity index (χ0n) is 24.6. The molecule has 10 heteroatoms. The summed E-state index contributed by atoms with van der Waals surface area (Å²) < 4.78 is 9.95. The number of nitrogens with one attached hydrogen (secondary N) is 2. The largest absolute Gasteiger partial charge is 0.468 e. The Bertz CT molecular complexity index is 938. The molecule has 0 aliphatic rings. The number of aliphatic hydroxyl groups is 1. The molecule has 2 atom stereocenters. The third-order valence-electron chi connectivity index (χ3n) is 6.22. The lowest BCUT2D eigenvalue weighted by Crippen LogP contribution is -2.55. The molecule has 0 fully saturated rings. The number of unbranched alkanes of at least 4 members (excludes halogenated alkanes) is 5. The molecule has 0 saturated carbocycles. The molecule has 0 aliphatic heterocycles. The smallest absolute Gasteiger partial charge is 0.408 e. The highest BCUT2D eigenvalue weighted by atomic mass is 16.6. The van der Waals surface area contributed by atoms with Gasteiger partial charge in [0.05, 0.1) is 13.7 Å². The van der Waals surface area contributed by atoms with Crippen molar-refractivity contribution < 1.29 is 33.8 Å². The highest BCUT2D eigenvalue weighted by molar-refractivity contribution is 5.93. The highest BCUT2D eigenvalue weighted by Gasteiger charge is 2.37. The standard InChI is InChI=1S/C29H47N3O7/c1-8-9-10-11-12-13-17-32(27(36)22(19-33)31-28(37)39-29(4,5)6)25(26(35)30-18-23(34)38-7)24-20(2)15-14-16-21(24)3/h14-16,22,25,33H,8-13,17-19H2,1-7H3,(H,30,35)(H,31,37). The van der Waals surface area contributed by atoms with Gasteiger partial charge in [0.2, 0.25) is 11.8 Å². The van der Waals surface area contributed by atoms with Gasteiger partial charge in [0.25, 0.3) is 0 Å². The first-order valence-corrected chi connectivity index (χ1v) is 13.7. The van der Waals surface area contributed by atoms with Crippen molar-refractivity contribution in [2.24, 2.45) is 0 Å². The molecule has 220 valence electrons. The summed E-state index contributed by atoms with van der Waals surface area (Å²) in [5.41, 5.74) is 1.39. The zero-order chi connectivity index (χ0) is 29.6. The molecule has 0 bridgehead atoms. The number of alkyl carbamates (subject to hydrolysis) is 1. The summed E-state index contributed by atoms with van der Waals surface area (Å²) in [5, 5.41) is 15.1. The number of methoxy groups -OCH3 is 1. The molecule has 39 heavy (non-hydrogen) atoms. The molecule has 0 heterocycles. The number of aryl methyl sites for hydroxylation is 2. The first-order valence-electron chi connectivity index (χ1n) is 13.7. The van der Waals surface area contributed by atoms with Crippen molar-refractivity contribution in [1.29, 1.82) is 0 Å². The van der Waals surface area contributed by atoms with Gasteiger partial charge >= 0.3 is 12.1 Å². The van der Waals surface area contributed by atoms with Crippen LogP contribution in [0.4, 0.5) is 4.79 Å². The number of nitrogens with zero attached hydrogens (tertiary/aromatic N) is 1. The van der Waals surface area contributed by atoms with Crippen molar-refractivity contribution in [3.63, 3.8) is 0 Å². The first-order chi connectivity index (χ1) is 18.4. The van der Waals surface area contributed by atoms with E-state index in [9.17, 15) is 24.3 Å². The number of amides is 3. The van der Waals surface area contributed by atoms with Crippen molar-refractivity contribution in [2.75, 3.05) is 26.8 Å². The molecule has 1 rings (SSSR count). The molecule has 0 saturated heterocycles. The topological polar surface area (TPSA) is 134 Å². The average Bonchev–Trinajstić information content (AvgIpc) is 2.86. The molecule has 0 radical (unpaired) electrons. The second-order valence-corrected chi connectivity index (χ2v) is 10.7. The van der Waals surface area contributed by atoms with E-state index in [1.807, 2.05) is 32.0 Å². The van der Waals surface area contributed by atoms with E-state index in [1.54, 1.807) is 20.8 Å². The van der Waals surface area contributed by atoms with E-state index in [1.165, 1.54) is 12.0 Å². The molecule has 0 aliphatic carbocycles. The van der Waals surface area contributed by atoms with Crippen LogP contribution >= 0.6 is 0 Å². The summed E-state index contributed by atoms with van der Waals surface area (Å²) in [6.45, 7) is 10.1. The molecule has 3 N–H and O–H groups in total. The van der Waals surface area contributed by atoms with Crippen LogP contribution in [0.5, 0.6) is 0 Å². The maximum absolute atomic E-state index is 13.9. The number of aliphatic hydroxyl groups excluding tert-OH is 1. The first kappa shape index (κ1) is 33.9. The summed E-state index contributed by atoms with van der Waals surface area (Å²) in [5.74, 6) is -1.82. The number of hydrogen-bond acceptors (Lipinski definition) is 7. The Morgan fingerprint density at radius 3 is 2.13 bits per heavy atom. The van der Waals surface area contributed by atoms with Gasteiger partial charge in [-0.2, -0.15) is 0 Å². The zero-order valence-corrected chi connectivity index (χ0v) is 24.6. The molecular weight excluding hydrogens is 502 g/mol. The number of rotatable bonds is 15. The summed E-state index contributed by atoms with van der Waals surface area (Å²) in [6.07, 6.45) is 4.89. The lowest BCUT2D eigenvalue weighted by Gasteiger charge is -2.35. The van der Waals surface area contributed by atoms with E-state index in [4.69, 9.17) is 4.74 Å². The van der Waals surface area contributed by atoms with Gasteiger partial charge in [-0.1, -0.05) is 57.2 Å². The van der Waals surface area contributed by atoms with Gasteiger partial charge in [-0.05, 0) is 57.7 Å². The van der Waals surface area contributed by atoms with Crippen molar-refractivity contribution in [2.45, 2.75) is 97.8 Å². The van der Waals surface area contributed by atoms with E-state index in [0.717, 1.165) is 43.2 Å². The SMILES string of the molecule is CCCCCCCCN(C(=O)C(CO)NC(=O)OC(C)(C)C)C(C(=O)NCC(=O)OC)c1c(C)cccc1C. The van der Waals surface area contributed by atoms with Crippen LogP contribution in [0.1, 0.15) is 89.0 Å². The van der Waals surface area contributed by atoms with Crippen LogP contribution in [0, 0.1) is 13.8 Å². The molecule has 10 nitrogen and oxygen atoms in total. The fraction of sp³-hybridized carbons (Fsp3) is 0.655. The van der Waals surface area contributed by atoms with Crippen LogP contribution in [0.3, 0.4) is 0 Å². The number of hydrogen-bond donors (Lipinski definition) is 3. The van der Waals surface area contributed by atoms with E-state index < -0.39 is 48.2 Å². The van der Waals surface area contributed by atoms with E-state index >= 15 is 0 Å². The fourth-order valence-electron chi connectivity index (χ4n) is 4.28. The summed E-state index contributed by atoms with van der Waals surface area (Å²) in [6, 6.07) is 3.11. The monoisotopic (exact) mass is 549 g/mol. The van der Waals surface area contributed by atoms with Gasteiger partial charge in [-0.3, -0.25) is 14.4 Å². The Labute approximate surface area is 232 Å². The van der Waals surface area contributed by atoms with Crippen LogP contribution in [0.2, 0.25) is 0 Å². The Kier molecular flexibility index (Phi) is 14.5. The lowest BCUT2D eigenvalue weighted by molar-refractivity contribution is -0.145. The van der Waals surface area contributed by atoms with Gasteiger partial charge < -0.3 is 30.1 Å². The van der Waals surface area contributed by atoms with Crippen LogP contribution < -0.4 is 10.6 Å². The molecule has 0 spiro atoms. The van der Waals surface area contributed by atoms with Gasteiger partial charge in [-0.25, -0.2) is 4.79 Å². The second-order valence-electron chi connectivity index (χ2n) is 10.7. The predicted molar refractivity (Wildman–Crippen MR) is 149 cm³/mol. The lowest BCUT2D eigenvalue weighted by atomic mass is 9.93. The number of carbonyl (C=O) groups excluding carboxylic acids is 4. The van der Waals surface area contributed by atoms with Gasteiger partial charge in [0, 0.05) is 6.54 Å². The predicted octanol–water partition coefficient (Wildman–Crippen LogP) is 3.71. The third-order valence-corrected chi connectivity index (χ3v) is 6.22. The van der Waals surface area contributed by atoms with Crippen molar-refractivity contribution >= 4 is 23.9 Å². The average molecular weight is 550 g/mol. The van der Waals surface area contributed by atoms with Crippen molar-refractivity contribution in [1.82, 2.24) is 15.5 Å². The minimum atomic E-state index is -1.33.